The van der Waals surface area contributed by atoms with Crippen molar-refractivity contribution in [3.05, 3.63) is 91.5 Å². The van der Waals surface area contributed by atoms with E-state index >= 15 is 0 Å². The van der Waals surface area contributed by atoms with Gasteiger partial charge in [-0.1, -0.05) is 30.1 Å². The highest BCUT2D eigenvalue weighted by molar-refractivity contribution is 7.07. The normalized spacial score (nSPS) is 15.4. The number of nitrogens with zero attached hydrogens (tertiary/aromatic N) is 2. The molecule has 1 aromatic carbocycles. The third-order valence-electron chi connectivity index (χ3n) is 5.27. The van der Waals surface area contributed by atoms with E-state index in [1.807, 2.05) is 13.0 Å². The van der Waals surface area contributed by atoms with E-state index in [1.54, 1.807) is 56.5 Å². The first kappa shape index (κ1) is 24.3. The molecule has 0 N–H and O–H groups in total. The molecule has 1 aliphatic heterocycles. The van der Waals surface area contributed by atoms with Crippen molar-refractivity contribution >= 4 is 23.4 Å². The van der Waals surface area contributed by atoms with Crippen LogP contribution in [0, 0.1) is 0 Å². The molecule has 4 rings (SSSR count). The van der Waals surface area contributed by atoms with Crippen LogP contribution in [0.15, 0.2) is 74.7 Å². The van der Waals surface area contributed by atoms with Crippen LogP contribution in [0.3, 0.4) is 0 Å². The number of ether oxygens (including phenoxy) is 3. The maximum absolute atomic E-state index is 13.6. The van der Waals surface area contributed by atoms with E-state index in [4.69, 9.17) is 18.6 Å². The molecule has 8 nitrogen and oxygen atoms in total. The minimum atomic E-state index is -0.753. The second-order valence-electron chi connectivity index (χ2n) is 7.56. The van der Waals surface area contributed by atoms with Gasteiger partial charge < -0.3 is 18.6 Å². The number of hydrogen-bond donors (Lipinski definition) is 0. The van der Waals surface area contributed by atoms with Gasteiger partial charge in [-0.05, 0) is 50.6 Å². The highest BCUT2D eigenvalue weighted by Gasteiger charge is 2.34. The molecule has 9 heteroatoms. The fourth-order valence-corrected chi connectivity index (χ4v) is 4.87. The van der Waals surface area contributed by atoms with Crippen LogP contribution in [-0.2, 0) is 9.53 Å². The average Bonchev–Trinajstić information content (AvgIpc) is 3.45. The molecule has 0 unspecified atom stereocenters. The Morgan fingerprint density at radius 1 is 1.23 bits per heavy atom. The van der Waals surface area contributed by atoms with E-state index < -0.39 is 12.0 Å². The molecular weight excluding hydrogens is 468 g/mol. The summed E-state index contributed by atoms with van der Waals surface area (Å²) < 4.78 is 24.2. The van der Waals surface area contributed by atoms with Crippen molar-refractivity contribution in [3.8, 4) is 11.5 Å². The van der Waals surface area contributed by atoms with E-state index in [9.17, 15) is 9.59 Å². The number of rotatable bonds is 9. The van der Waals surface area contributed by atoms with E-state index in [0.29, 0.717) is 56.6 Å². The largest absolute Gasteiger partial charge is 0.490 e. The van der Waals surface area contributed by atoms with Crippen LogP contribution in [0.1, 0.15) is 38.1 Å². The maximum Gasteiger partial charge on any atom is 0.338 e. The van der Waals surface area contributed by atoms with E-state index in [1.165, 1.54) is 15.9 Å². The topological polar surface area (TPSA) is 92.3 Å². The summed E-state index contributed by atoms with van der Waals surface area (Å²) in [6.45, 7) is 9.96. The number of fused-ring (bicyclic) bond motifs is 1. The van der Waals surface area contributed by atoms with Crippen molar-refractivity contribution < 1.29 is 23.4 Å². The lowest BCUT2D eigenvalue weighted by atomic mass is 9.95. The smallest absolute Gasteiger partial charge is 0.338 e. The lowest BCUT2D eigenvalue weighted by molar-refractivity contribution is -0.139. The molecule has 0 saturated carbocycles. The third-order valence-corrected chi connectivity index (χ3v) is 6.26. The van der Waals surface area contributed by atoms with Crippen LogP contribution in [-0.4, -0.2) is 30.4 Å². The summed E-state index contributed by atoms with van der Waals surface area (Å²) in [5, 5.41) is 0. The second-order valence-corrected chi connectivity index (χ2v) is 8.57. The summed E-state index contributed by atoms with van der Waals surface area (Å²) in [4.78, 5) is 31.7. The van der Waals surface area contributed by atoms with Gasteiger partial charge in [0.2, 0.25) is 0 Å². The fourth-order valence-electron chi connectivity index (χ4n) is 3.84. The maximum atomic E-state index is 13.6. The van der Waals surface area contributed by atoms with Gasteiger partial charge in [-0.15, -0.1) is 0 Å². The number of allylic oxidation sites excluding steroid dienone is 1. The molecule has 2 aromatic heterocycles. The number of thiazole rings is 1. The van der Waals surface area contributed by atoms with Crippen LogP contribution < -0.4 is 24.4 Å². The fraction of sp³-hybridized carbons (Fsp3) is 0.269. The summed E-state index contributed by atoms with van der Waals surface area (Å²) in [6.07, 6.45) is 4.85. The van der Waals surface area contributed by atoms with Crippen LogP contribution in [0.2, 0.25) is 0 Å². The zero-order chi connectivity index (χ0) is 24.9. The van der Waals surface area contributed by atoms with Crippen molar-refractivity contribution in [3.63, 3.8) is 0 Å². The predicted molar refractivity (Wildman–Crippen MR) is 132 cm³/mol. The molecule has 3 aromatic rings. The minimum absolute atomic E-state index is 0.198. The van der Waals surface area contributed by atoms with Gasteiger partial charge in [0.1, 0.15) is 12.4 Å². The van der Waals surface area contributed by atoms with Crippen molar-refractivity contribution in [2.45, 2.75) is 26.8 Å². The molecule has 0 saturated heterocycles. The first-order chi connectivity index (χ1) is 17.0. The summed E-state index contributed by atoms with van der Waals surface area (Å²) in [5.74, 6) is 1.07. The average molecular weight is 495 g/mol. The Morgan fingerprint density at radius 2 is 2.06 bits per heavy atom. The molecule has 35 heavy (non-hydrogen) atoms. The van der Waals surface area contributed by atoms with Gasteiger partial charge >= 0.3 is 5.97 Å². The molecule has 0 aliphatic carbocycles. The molecule has 0 fully saturated rings. The summed E-state index contributed by atoms with van der Waals surface area (Å²) in [5.41, 5.74) is 1.17. The summed E-state index contributed by atoms with van der Waals surface area (Å²) in [7, 11) is 0. The van der Waals surface area contributed by atoms with E-state index in [2.05, 4.69) is 11.6 Å². The highest BCUT2D eigenvalue weighted by atomic mass is 32.1. The van der Waals surface area contributed by atoms with Gasteiger partial charge in [-0.3, -0.25) is 9.36 Å². The first-order valence-corrected chi connectivity index (χ1v) is 12.0. The summed E-state index contributed by atoms with van der Waals surface area (Å²) >= 11 is 1.23. The Bertz CT molecular complexity index is 1450. The van der Waals surface area contributed by atoms with Crippen LogP contribution in [0.5, 0.6) is 11.5 Å². The molecule has 0 bridgehead atoms. The van der Waals surface area contributed by atoms with Crippen molar-refractivity contribution in [1.82, 2.24) is 4.57 Å². The molecule has 0 radical (unpaired) electrons. The van der Waals surface area contributed by atoms with E-state index in [-0.39, 0.29) is 12.2 Å². The quantitative estimate of drug-likeness (QED) is 0.335. The van der Waals surface area contributed by atoms with Crippen molar-refractivity contribution in [2.24, 2.45) is 4.99 Å². The molecular formula is C26H26N2O6S. The summed E-state index contributed by atoms with van der Waals surface area (Å²) in [6, 6.07) is 8.13. The van der Waals surface area contributed by atoms with Gasteiger partial charge in [-0.2, -0.15) is 0 Å². The Kier molecular flexibility index (Phi) is 7.36. The lowest BCUT2D eigenvalue weighted by Crippen LogP contribution is -2.40. The van der Waals surface area contributed by atoms with Crippen LogP contribution in [0.4, 0.5) is 0 Å². The molecule has 3 heterocycles. The predicted octanol–water partition coefficient (Wildman–Crippen LogP) is 3.35. The molecule has 182 valence electrons. The number of carbonyl (C=O) groups is 1. The second kappa shape index (κ2) is 10.6. The highest BCUT2D eigenvalue weighted by Crippen LogP contribution is 2.36. The van der Waals surface area contributed by atoms with Crippen LogP contribution in [0.25, 0.3) is 6.08 Å². The third kappa shape index (κ3) is 4.85. The molecule has 1 aliphatic rings. The Balaban J connectivity index is 1.93. The number of aromatic nitrogens is 1. The number of benzene rings is 1. The minimum Gasteiger partial charge on any atom is -0.490 e. The Morgan fingerprint density at radius 3 is 2.74 bits per heavy atom. The van der Waals surface area contributed by atoms with Crippen LogP contribution >= 0.6 is 11.3 Å². The standard InChI is InChI=1S/C26H26N2O6S/c1-5-12-34-19-11-10-17(14-20(19)31-6-2)23-22(25(30)32-7-3)16(4)27-26-28(23)24(29)21(35-26)15-18-9-8-13-33-18/h5,8-11,13-15,23H,1,6-7,12H2,2-4H3/b21-15-/t23-/m0/s1. The molecule has 0 amide bonds. The number of furan rings is 1. The molecule has 1 atom stereocenters. The SMILES string of the molecule is C=CCOc1ccc([C@H]2C(C(=O)OCC)=C(C)N=c3s/c(=C\c4ccco4)c(=O)n32)cc1OCC. The van der Waals surface area contributed by atoms with Crippen molar-refractivity contribution in [1.29, 1.82) is 0 Å². The number of esters is 1. The zero-order valence-electron chi connectivity index (χ0n) is 19.8. The zero-order valence-corrected chi connectivity index (χ0v) is 20.6. The van der Waals surface area contributed by atoms with Gasteiger partial charge in [0.15, 0.2) is 16.3 Å². The Hall–Kier alpha value is -3.85. The van der Waals surface area contributed by atoms with Gasteiger partial charge in [0.05, 0.1) is 41.3 Å². The first-order valence-electron chi connectivity index (χ1n) is 11.2. The molecule has 0 spiro atoms. The van der Waals surface area contributed by atoms with Gasteiger partial charge in [0, 0.05) is 6.08 Å². The number of hydrogen-bond acceptors (Lipinski definition) is 8. The van der Waals surface area contributed by atoms with E-state index in [0.717, 1.165) is 0 Å². The van der Waals surface area contributed by atoms with Gasteiger partial charge in [-0.25, -0.2) is 9.79 Å². The number of carbonyl (C=O) groups excluding carboxylic acids is 1. The van der Waals surface area contributed by atoms with Gasteiger partial charge in [0.25, 0.3) is 5.56 Å². The lowest BCUT2D eigenvalue weighted by Gasteiger charge is -2.25. The monoisotopic (exact) mass is 494 g/mol. The Labute approximate surface area is 206 Å². The van der Waals surface area contributed by atoms with Crippen molar-refractivity contribution in [2.75, 3.05) is 19.8 Å².